The lowest BCUT2D eigenvalue weighted by Gasteiger charge is -2.07. The molecule has 0 unspecified atom stereocenters. The van der Waals surface area contributed by atoms with Crippen LogP contribution in [0.3, 0.4) is 0 Å². The second-order valence-electron chi connectivity index (χ2n) is 3.59. The van der Waals surface area contributed by atoms with E-state index in [1.54, 1.807) is 42.6 Å². The predicted molar refractivity (Wildman–Crippen MR) is 71.1 cm³/mol. The molecule has 1 aliphatic heterocycles. The maximum absolute atomic E-state index is 11.1. The van der Waals surface area contributed by atoms with Gasteiger partial charge in [0, 0.05) is 16.0 Å². The first-order chi connectivity index (χ1) is 8.66. The van der Waals surface area contributed by atoms with Crippen molar-refractivity contribution in [2.45, 2.75) is 4.90 Å². The third-order valence-electron chi connectivity index (χ3n) is 2.30. The first-order valence-electron chi connectivity index (χ1n) is 5.26. The Bertz CT molecular complexity index is 544. The molecule has 2 rings (SSSR count). The fourth-order valence-electron chi connectivity index (χ4n) is 1.45. The first-order valence-corrected chi connectivity index (χ1v) is 6.08. The summed E-state index contributed by atoms with van der Waals surface area (Å²) < 4.78 is 0. The van der Waals surface area contributed by atoms with Crippen LogP contribution in [0, 0.1) is 0 Å². The van der Waals surface area contributed by atoms with Crippen molar-refractivity contribution in [1.29, 1.82) is 0 Å². The number of hydrogen-bond acceptors (Lipinski definition) is 4. The van der Waals surface area contributed by atoms with Gasteiger partial charge in [-0.1, -0.05) is 11.8 Å². The van der Waals surface area contributed by atoms with Crippen molar-refractivity contribution in [3.8, 4) is 5.75 Å². The highest BCUT2D eigenvalue weighted by atomic mass is 32.2. The van der Waals surface area contributed by atoms with Crippen LogP contribution in [0.5, 0.6) is 5.75 Å². The number of rotatable bonds is 3. The van der Waals surface area contributed by atoms with E-state index in [9.17, 15) is 9.90 Å². The topological polar surface area (TPSA) is 69.9 Å². The number of carboxylic acid groups (broad SMARTS) is 1. The van der Waals surface area contributed by atoms with E-state index in [-0.39, 0.29) is 11.3 Å². The maximum atomic E-state index is 11.1. The normalized spacial score (nSPS) is 14.7. The lowest BCUT2D eigenvalue weighted by Crippen LogP contribution is -2.02. The highest BCUT2D eigenvalue weighted by molar-refractivity contribution is 8.03. The van der Waals surface area contributed by atoms with Gasteiger partial charge in [-0.25, -0.2) is 4.79 Å². The minimum atomic E-state index is -0.960. The van der Waals surface area contributed by atoms with Crippen LogP contribution in [0.15, 0.2) is 56.8 Å². The molecule has 1 aromatic carbocycles. The molecule has 0 saturated heterocycles. The summed E-state index contributed by atoms with van der Waals surface area (Å²) in [6.07, 6.45) is 4.75. The van der Waals surface area contributed by atoms with Crippen LogP contribution in [-0.4, -0.2) is 28.9 Å². The van der Waals surface area contributed by atoms with Gasteiger partial charge < -0.3 is 10.2 Å². The largest absolute Gasteiger partial charge is 0.508 e. The average Bonchev–Trinajstić information content (AvgIpc) is 2.57. The third kappa shape index (κ3) is 3.01. The Morgan fingerprint density at radius 2 is 2.00 bits per heavy atom. The van der Waals surface area contributed by atoms with Crippen LogP contribution in [0.2, 0.25) is 0 Å². The average molecular weight is 261 g/mol. The highest BCUT2D eigenvalue weighted by Gasteiger charge is 2.14. The summed E-state index contributed by atoms with van der Waals surface area (Å²) in [6, 6.07) is 6.62. The summed E-state index contributed by atoms with van der Waals surface area (Å²) in [7, 11) is 0. The quantitative estimate of drug-likeness (QED) is 0.877. The van der Waals surface area contributed by atoms with Crippen LogP contribution in [-0.2, 0) is 4.79 Å². The summed E-state index contributed by atoms with van der Waals surface area (Å²) in [4.78, 5) is 16.8. The number of carboxylic acids is 1. The zero-order valence-corrected chi connectivity index (χ0v) is 10.2. The van der Waals surface area contributed by atoms with Gasteiger partial charge in [0.1, 0.15) is 5.75 Å². The van der Waals surface area contributed by atoms with Gasteiger partial charge >= 0.3 is 5.97 Å². The number of phenolic OH excluding ortho intramolecular Hbond substituents is 1. The Labute approximate surface area is 108 Å². The SMILES string of the molecule is O=C(O)C1=C(Sc2ccc(O)cc2)CN=CC=C1. The minimum Gasteiger partial charge on any atom is -0.508 e. The molecule has 0 spiro atoms. The van der Waals surface area contributed by atoms with Crippen LogP contribution >= 0.6 is 11.8 Å². The van der Waals surface area contributed by atoms with Gasteiger partial charge in [-0.05, 0) is 36.4 Å². The number of aliphatic imine (C=N–C) groups is 1. The molecule has 5 heteroatoms. The predicted octanol–water partition coefficient (Wildman–Crippen LogP) is 2.46. The molecule has 0 bridgehead atoms. The lowest BCUT2D eigenvalue weighted by atomic mass is 10.2. The minimum absolute atomic E-state index is 0.186. The van der Waals surface area contributed by atoms with Crippen LogP contribution in [0.4, 0.5) is 0 Å². The Kier molecular flexibility index (Phi) is 3.84. The molecule has 1 aliphatic rings. The number of aromatic hydroxyl groups is 1. The Morgan fingerprint density at radius 3 is 2.67 bits per heavy atom. The van der Waals surface area contributed by atoms with E-state index in [0.29, 0.717) is 11.4 Å². The number of aliphatic carboxylic acids is 1. The van der Waals surface area contributed by atoms with E-state index >= 15 is 0 Å². The molecule has 2 N–H and O–H groups in total. The molecule has 0 aliphatic carbocycles. The van der Waals surface area contributed by atoms with Crippen molar-refractivity contribution in [2.75, 3.05) is 6.54 Å². The van der Waals surface area contributed by atoms with Crippen molar-refractivity contribution in [2.24, 2.45) is 4.99 Å². The van der Waals surface area contributed by atoms with Crippen molar-refractivity contribution >= 4 is 23.9 Å². The molecule has 4 nitrogen and oxygen atoms in total. The number of phenols is 1. The number of nitrogens with zero attached hydrogens (tertiary/aromatic N) is 1. The molecule has 0 radical (unpaired) electrons. The summed E-state index contributed by atoms with van der Waals surface area (Å²) in [6.45, 7) is 0.347. The fraction of sp³-hybridized carbons (Fsp3) is 0.0769. The third-order valence-corrected chi connectivity index (χ3v) is 3.40. The van der Waals surface area contributed by atoms with Gasteiger partial charge in [0.15, 0.2) is 0 Å². The molecular weight excluding hydrogens is 250 g/mol. The van der Waals surface area contributed by atoms with Crippen molar-refractivity contribution in [1.82, 2.24) is 0 Å². The first kappa shape index (κ1) is 12.4. The van der Waals surface area contributed by atoms with E-state index in [0.717, 1.165) is 4.90 Å². The van der Waals surface area contributed by atoms with Crippen LogP contribution in [0.25, 0.3) is 0 Å². The van der Waals surface area contributed by atoms with Crippen molar-refractivity contribution in [3.63, 3.8) is 0 Å². The molecule has 0 aromatic heterocycles. The Hall–Kier alpha value is -2.01. The van der Waals surface area contributed by atoms with Gasteiger partial charge in [-0.2, -0.15) is 0 Å². The fourth-order valence-corrected chi connectivity index (χ4v) is 2.41. The molecule has 92 valence electrons. The molecule has 0 saturated carbocycles. The molecule has 1 heterocycles. The second kappa shape index (κ2) is 5.55. The zero-order valence-electron chi connectivity index (χ0n) is 9.41. The molecule has 0 amide bonds. The van der Waals surface area contributed by atoms with Gasteiger partial charge in [0.05, 0.1) is 12.1 Å². The molecule has 1 aromatic rings. The molecule has 0 fully saturated rings. The lowest BCUT2D eigenvalue weighted by molar-refractivity contribution is -0.132. The van der Waals surface area contributed by atoms with E-state index in [2.05, 4.69) is 4.99 Å². The Balaban J connectivity index is 2.29. The van der Waals surface area contributed by atoms with E-state index in [1.165, 1.54) is 11.8 Å². The number of benzene rings is 1. The van der Waals surface area contributed by atoms with Crippen LogP contribution in [0.1, 0.15) is 0 Å². The summed E-state index contributed by atoms with van der Waals surface area (Å²) in [5.74, 6) is -0.774. The van der Waals surface area contributed by atoms with Crippen molar-refractivity contribution < 1.29 is 15.0 Å². The number of carbonyl (C=O) groups is 1. The standard InChI is InChI=1S/C13H11NO3S/c15-9-3-5-10(6-4-9)18-12-8-14-7-1-2-11(12)13(16)17/h1-7,15H,8H2,(H,16,17). The van der Waals surface area contributed by atoms with Crippen molar-refractivity contribution in [3.05, 3.63) is 46.9 Å². The van der Waals surface area contributed by atoms with E-state index in [1.807, 2.05) is 0 Å². The number of allylic oxidation sites excluding steroid dienone is 1. The number of hydrogen-bond donors (Lipinski definition) is 2. The van der Waals surface area contributed by atoms with E-state index in [4.69, 9.17) is 5.11 Å². The molecule has 0 atom stereocenters. The summed E-state index contributed by atoms with van der Waals surface area (Å²) >= 11 is 1.35. The van der Waals surface area contributed by atoms with E-state index < -0.39 is 5.97 Å². The second-order valence-corrected chi connectivity index (χ2v) is 4.76. The number of thioether (sulfide) groups is 1. The van der Waals surface area contributed by atoms with Gasteiger partial charge in [0.2, 0.25) is 0 Å². The van der Waals surface area contributed by atoms with Gasteiger partial charge in [-0.15, -0.1) is 0 Å². The molecule has 18 heavy (non-hydrogen) atoms. The summed E-state index contributed by atoms with van der Waals surface area (Å²) in [5, 5.41) is 18.3. The molecular formula is C13H11NO3S. The smallest absolute Gasteiger partial charge is 0.336 e. The van der Waals surface area contributed by atoms with Gasteiger partial charge in [-0.3, -0.25) is 4.99 Å². The Morgan fingerprint density at radius 1 is 1.28 bits per heavy atom. The zero-order chi connectivity index (χ0) is 13.0. The maximum Gasteiger partial charge on any atom is 0.336 e. The summed E-state index contributed by atoms with van der Waals surface area (Å²) in [5.41, 5.74) is 0.255. The monoisotopic (exact) mass is 261 g/mol. The van der Waals surface area contributed by atoms with Gasteiger partial charge in [0.25, 0.3) is 0 Å². The van der Waals surface area contributed by atoms with Crippen LogP contribution < -0.4 is 0 Å². The highest BCUT2D eigenvalue weighted by Crippen LogP contribution is 2.31.